The Balaban J connectivity index is 1.92. The van der Waals surface area contributed by atoms with Gasteiger partial charge in [-0.2, -0.15) is 0 Å². The third kappa shape index (κ3) is 4.47. The van der Waals surface area contributed by atoms with Crippen molar-refractivity contribution in [2.45, 2.75) is 6.54 Å². The summed E-state index contributed by atoms with van der Waals surface area (Å²) in [6.07, 6.45) is 2.85. The molecule has 0 saturated heterocycles. The molecule has 8 heteroatoms. The third-order valence-corrected chi connectivity index (χ3v) is 3.09. The van der Waals surface area contributed by atoms with Crippen LogP contribution >= 0.6 is 0 Å². The monoisotopic (exact) mass is 318 g/mol. The number of hydrogen-bond acceptors (Lipinski definition) is 5. The maximum atomic E-state index is 11.9. The van der Waals surface area contributed by atoms with Crippen molar-refractivity contribution in [3.63, 3.8) is 0 Å². The molecule has 2 rings (SSSR count). The Bertz CT molecular complexity index is 729. The lowest BCUT2D eigenvalue weighted by Crippen LogP contribution is -2.33. The maximum absolute atomic E-state index is 11.9. The number of ether oxygens (including phenoxy) is 2. The van der Waals surface area contributed by atoms with Crippen LogP contribution in [0.2, 0.25) is 0 Å². The number of hydrogen-bond donors (Lipinski definition) is 2. The molecule has 0 radical (unpaired) electrons. The summed E-state index contributed by atoms with van der Waals surface area (Å²) in [5.74, 6) is 1.12. The third-order valence-electron chi connectivity index (χ3n) is 3.09. The molecule has 0 aliphatic heterocycles. The van der Waals surface area contributed by atoms with Crippen LogP contribution in [0.15, 0.2) is 41.6 Å². The lowest BCUT2D eigenvalue weighted by molar-refractivity contribution is 0.251. The fraction of sp³-hybridized carbons (Fsp3) is 0.267. The van der Waals surface area contributed by atoms with Crippen LogP contribution in [0.3, 0.4) is 0 Å². The van der Waals surface area contributed by atoms with Crippen LogP contribution < -0.4 is 25.7 Å². The lowest BCUT2D eigenvalue weighted by Gasteiger charge is -2.12. The molecule has 1 aromatic carbocycles. The van der Waals surface area contributed by atoms with E-state index in [-0.39, 0.29) is 12.1 Å². The number of anilines is 1. The van der Waals surface area contributed by atoms with Crippen molar-refractivity contribution in [1.82, 2.24) is 14.9 Å². The lowest BCUT2D eigenvalue weighted by atomic mass is 10.2. The number of rotatable bonds is 6. The number of benzene rings is 1. The normalized spacial score (nSPS) is 10.0. The van der Waals surface area contributed by atoms with Crippen molar-refractivity contribution in [3.8, 4) is 11.5 Å². The average molecular weight is 318 g/mol. The molecule has 0 aliphatic carbocycles. The van der Waals surface area contributed by atoms with Gasteiger partial charge in [0.05, 0.1) is 26.2 Å². The molecule has 0 saturated carbocycles. The molecule has 0 unspecified atom stereocenters. The minimum Gasteiger partial charge on any atom is -0.497 e. The number of methoxy groups -OCH3 is 2. The van der Waals surface area contributed by atoms with Gasteiger partial charge in [0.25, 0.3) is 5.56 Å². The zero-order valence-corrected chi connectivity index (χ0v) is 12.9. The molecule has 0 spiro atoms. The highest BCUT2D eigenvalue weighted by Gasteiger charge is 2.08. The van der Waals surface area contributed by atoms with E-state index >= 15 is 0 Å². The topological polar surface area (TPSA) is 94.5 Å². The number of nitrogens with one attached hydrogen (secondary N) is 2. The van der Waals surface area contributed by atoms with E-state index in [1.165, 1.54) is 37.4 Å². The van der Waals surface area contributed by atoms with Crippen molar-refractivity contribution >= 4 is 11.7 Å². The Labute approximate surface area is 133 Å². The number of amides is 2. The molecule has 2 N–H and O–H groups in total. The van der Waals surface area contributed by atoms with Gasteiger partial charge >= 0.3 is 6.03 Å². The second-order valence-electron chi connectivity index (χ2n) is 4.56. The molecule has 0 aliphatic rings. The van der Waals surface area contributed by atoms with Gasteiger partial charge in [0.15, 0.2) is 0 Å². The minimum absolute atomic E-state index is 0.170. The predicted octanol–water partition coefficient (Wildman–Crippen LogP) is 1.08. The van der Waals surface area contributed by atoms with Gasteiger partial charge in [0.2, 0.25) is 0 Å². The van der Waals surface area contributed by atoms with Crippen LogP contribution in [-0.4, -0.2) is 36.3 Å². The van der Waals surface area contributed by atoms with E-state index in [0.29, 0.717) is 23.7 Å². The first kappa shape index (κ1) is 16.3. The summed E-state index contributed by atoms with van der Waals surface area (Å²) in [7, 11) is 3.05. The quantitative estimate of drug-likeness (QED) is 0.831. The van der Waals surface area contributed by atoms with E-state index in [0.717, 1.165) is 0 Å². The molecular weight excluding hydrogens is 300 g/mol. The van der Waals surface area contributed by atoms with Gasteiger partial charge in [-0.15, -0.1) is 0 Å². The van der Waals surface area contributed by atoms with Gasteiger partial charge in [-0.3, -0.25) is 9.36 Å². The van der Waals surface area contributed by atoms with E-state index in [9.17, 15) is 9.59 Å². The van der Waals surface area contributed by atoms with Crippen LogP contribution in [-0.2, 0) is 6.54 Å². The van der Waals surface area contributed by atoms with Gasteiger partial charge < -0.3 is 20.1 Å². The fourth-order valence-electron chi connectivity index (χ4n) is 1.91. The molecule has 1 aromatic heterocycles. The van der Waals surface area contributed by atoms with Gasteiger partial charge in [0, 0.05) is 31.4 Å². The molecular formula is C15H18N4O4. The molecule has 2 amide bonds. The molecule has 0 bridgehead atoms. The van der Waals surface area contributed by atoms with Gasteiger partial charge in [-0.25, -0.2) is 9.78 Å². The zero-order valence-electron chi connectivity index (χ0n) is 12.9. The smallest absolute Gasteiger partial charge is 0.319 e. The number of aromatic nitrogens is 2. The first-order valence-corrected chi connectivity index (χ1v) is 6.91. The standard InChI is InChI=1S/C15H18N4O4/c1-22-11-3-4-13(23-2)12(9-11)18-15(21)17-7-8-19-10-16-6-5-14(19)20/h3-6,9-10H,7-8H2,1-2H3,(H2,17,18,21). The molecule has 23 heavy (non-hydrogen) atoms. The van der Waals surface area contributed by atoms with E-state index in [1.807, 2.05) is 0 Å². The largest absolute Gasteiger partial charge is 0.497 e. The Hall–Kier alpha value is -3.03. The van der Waals surface area contributed by atoms with Crippen LogP contribution in [0.25, 0.3) is 0 Å². The first-order valence-electron chi connectivity index (χ1n) is 6.91. The van der Waals surface area contributed by atoms with Crippen molar-refractivity contribution in [2.75, 3.05) is 26.1 Å². The number of urea groups is 1. The SMILES string of the molecule is COc1ccc(OC)c(NC(=O)NCCn2cnccc2=O)c1. The molecule has 8 nitrogen and oxygen atoms in total. The first-order chi connectivity index (χ1) is 11.1. The van der Waals surface area contributed by atoms with E-state index in [2.05, 4.69) is 15.6 Å². The summed E-state index contributed by atoms with van der Waals surface area (Å²) in [5, 5.41) is 5.34. The fourth-order valence-corrected chi connectivity index (χ4v) is 1.91. The Morgan fingerprint density at radius 2 is 2.09 bits per heavy atom. The van der Waals surface area contributed by atoms with Crippen LogP contribution in [0.1, 0.15) is 0 Å². The second kappa shape index (κ2) is 7.83. The Morgan fingerprint density at radius 3 is 2.78 bits per heavy atom. The van der Waals surface area contributed by atoms with Crippen LogP contribution in [0.4, 0.5) is 10.5 Å². The number of carbonyl (C=O) groups is 1. The Morgan fingerprint density at radius 1 is 1.26 bits per heavy atom. The highest BCUT2D eigenvalue weighted by Crippen LogP contribution is 2.28. The highest BCUT2D eigenvalue weighted by atomic mass is 16.5. The van der Waals surface area contributed by atoms with Crippen LogP contribution in [0, 0.1) is 0 Å². The van der Waals surface area contributed by atoms with Crippen molar-refractivity contribution in [3.05, 3.63) is 47.1 Å². The van der Waals surface area contributed by atoms with Gasteiger partial charge in [-0.05, 0) is 12.1 Å². The molecule has 122 valence electrons. The number of carbonyl (C=O) groups excluding carboxylic acids is 1. The summed E-state index contributed by atoms with van der Waals surface area (Å²) in [4.78, 5) is 27.3. The highest BCUT2D eigenvalue weighted by molar-refractivity contribution is 5.91. The van der Waals surface area contributed by atoms with Gasteiger partial charge in [-0.1, -0.05) is 0 Å². The predicted molar refractivity (Wildman–Crippen MR) is 85.1 cm³/mol. The summed E-state index contributed by atoms with van der Waals surface area (Å²) in [5.41, 5.74) is 0.319. The summed E-state index contributed by atoms with van der Waals surface area (Å²) in [6.45, 7) is 0.610. The maximum Gasteiger partial charge on any atom is 0.319 e. The van der Waals surface area contributed by atoms with Crippen LogP contribution in [0.5, 0.6) is 11.5 Å². The summed E-state index contributed by atoms with van der Waals surface area (Å²) < 4.78 is 11.7. The molecule has 0 fully saturated rings. The van der Waals surface area contributed by atoms with E-state index in [4.69, 9.17) is 9.47 Å². The average Bonchev–Trinajstić information content (AvgIpc) is 2.56. The van der Waals surface area contributed by atoms with Crippen molar-refractivity contribution in [2.24, 2.45) is 0 Å². The Kier molecular flexibility index (Phi) is 5.56. The second-order valence-corrected chi connectivity index (χ2v) is 4.56. The summed E-state index contributed by atoms with van der Waals surface area (Å²) >= 11 is 0. The van der Waals surface area contributed by atoms with Gasteiger partial charge in [0.1, 0.15) is 11.5 Å². The zero-order chi connectivity index (χ0) is 16.7. The van der Waals surface area contributed by atoms with E-state index in [1.54, 1.807) is 18.2 Å². The van der Waals surface area contributed by atoms with E-state index < -0.39 is 6.03 Å². The van der Waals surface area contributed by atoms with Crippen molar-refractivity contribution in [1.29, 1.82) is 0 Å². The minimum atomic E-state index is -0.409. The van der Waals surface area contributed by atoms with Crippen molar-refractivity contribution < 1.29 is 14.3 Å². The summed E-state index contributed by atoms with van der Waals surface area (Å²) in [6, 6.07) is 6.04. The number of nitrogens with zero attached hydrogens (tertiary/aromatic N) is 2. The molecule has 1 heterocycles. The molecule has 0 atom stereocenters. The molecule has 2 aromatic rings.